The lowest BCUT2D eigenvalue weighted by Gasteiger charge is -2.04. The van der Waals surface area contributed by atoms with E-state index < -0.39 is 0 Å². The van der Waals surface area contributed by atoms with Crippen LogP contribution in [0, 0.1) is 0 Å². The summed E-state index contributed by atoms with van der Waals surface area (Å²) in [7, 11) is 1.60. The Bertz CT molecular complexity index is 576. The topological polar surface area (TPSA) is 83.4 Å². The van der Waals surface area contributed by atoms with Crippen molar-refractivity contribution in [3.8, 4) is 17.2 Å². The molecule has 1 aromatic carbocycles. The van der Waals surface area contributed by atoms with Gasteiger partial charge in [-0.3, -0.25) is 0 Å². The van der Waals surface area contributed by atoms with Crippen LogP contribution >= 0.6 is 0 Å². The molecule has 0 bridgehead atoms. The molecule has 19 heavy (non-hydrogen) atoms. The molecule has 0 saturated carbocycles. The molecule has 0 radical (unpaired) electrons. The lowest BCUT2D eigenvalue weighted by molar-refractivity contribution is 0.192. The van der Waals surface area contributed by atoms with Gasteiger partial charge in [0.15, 0.2) is 5.82 Å². The second kappa shape index (κ2) is 4.89. The first-order valence-electron chi connectivity index (χ1n) is 6.13. The van der Waals surface area contributed by atoms with Gasteiger partial charge in [0.05, 0.1) is 19.3 Å². The number of nitrogens with zero attached hydrogens (tertiary/aromatic N) is 2. The maximum absolute atomic E-state index is 5.96. The molecule has 2 heterocycles. The number of benzene rings is 1. The van der Waals surface area contributed by atoms with Crippen LogP contribution in [0.2, 0.25) is 0 Å². The van der Waals surface area contributed by atoms with Crippen molar-refractivity contribution < 1.29 is 14.0 Å². The fourth-order valence-electron chi connectivity index (χ4n) is 2.11. The van der Waals surface area contributed by atoms with Gasteiger partial charge in [0.1, 0.15) is 5.75 Å². The molecule has 100 valence electrons. The highest BCUT2D eigenvalue weighted by atomic mass is 16.5. The number of methoxy groups -OCH3 is 1. The first-order valence-corrected chi connectivity index (χ1v) is 6.13. The number of aromatic nitrogens is 2. The SMILES string of the molecule is COc1ccc(-c2nc(C3CCOC3)no2)c(N)c1. The summed E-state index contributed by atoms with van der Waals surface area (Å²) < 4.78 is 15.7. The van der Waals surface area contributed by atoms with E-state index in [-0.39, 0.29) is 5.92 Å². The third kappa shape index (κ3) is 2.26. The summed E-state index contributed by atoms with van der Waals surface area (Å²) in [6.07, 6.45) is 0.928. The summed E-state index contributed by atoms with van der Waals surface area (Å²) in [6, 6.07) is 5.36. The van der Waals surface area contributed by atoms with E-state index in [1.54, 1.807) is 13.2 Å². The number of anilines is 1. The Morgan fingerprint density at radius 2 is 2.32 bits per heavy atom. The fourth-order valence-corrected chi connectivity index (χ4v) is 2.11. The van der Waals surface area contributed by atoms with Crippen LogP contribution in [0.15, 0.2) is 22.7 Å². The molecule has 0 amide bonds. The van der Waals surface area contributed by atoms with Crippen molar-refractivity contribution in [3.05, 3.63) is 24.0 Å². The van der Waals surface area contributed by atoms with E-state index in [4.69, 9.17) is 19.7 Å². The van der Waals surface area contributed by atoms with Crippen molar-refractivity contribution in [1.29, 1.82) is 0 Å². The Morgan fingerprint density at radius 3 is 3.00 bits per heavy atom. The quantitative estimate of drug-likeness (QED) is 0.849. The second-order valence-corrected chi connectivity index (χ2v) is 4.47. The zero-order valence-corrected chi connectivity index (χ0v) is 10.6. The molecule has 2 aromatic rings. The minimum Gasteiger partial charge on any atom is -0.497 e. The summed E-state index contributed by atoms with van der Waals surface area (Å²) in [5, 5.41) is 4.01. The highest BCUT2D eigenvalue weighted by Gasteiger charge is 2.23. The number of nitrogens with two attached hydrogens (primary N) is 1. The third-order valence-electron chi connectivity index (χ3n) is 3.23. The number of ether oxygens (including phenoxy) is 2. The van der Waals surface area contributed by atoms with Crippen LogP contribution in [-0.2, 0) is 4.74 Å². The summed E-state index contributed by atoms with van der Waals surface area (Å²) in [4.78, 5) is 4.40. The normalized spacial score (nSPS) is 18.7. The highest BCUT2D eigenvalue weighted by Crippen LogP contribution is 2.30. The zero-order valence-electron chi connectivity index (χ0n) is 10.6. The molecule has 3 rings (SSSR count). The van der Waals surface area contributed by atoms with Gasteiger partial charge in [-0.1, -0.05) is 5.16 Å². The van der Waals surface area contributed by atoms with Gasteiger partial charge in [-0.25, -0.2) is 0 Å². The Hall–Kier alpha value is -2.08. The Kier molecular flexibility index (Phi) is 3.08. The van der Waals surface area contributed by atoms with Gasteiger partial charge in [0.25, 0.3) is 5.89 Å². The summed E-state index contributed by atoms with van der Waals surface area (Å²) in [5.74, 6) is 2.03. The molecule has 1 unspecified atom stereocenters. The number of hydrogen-bond donors (Lipinski definition) is 1. The number of rotatable bonds is 3. The minimum absolute atomic E-state index is 0.219. The number of hydrogen-bond acceptors (Lipinski definition) is 6. The Labute approximate surface area is 110 Å². The lowest BCUT2D eigenvalue weighted by Crippen LogP contribution is -1.99. The van der Waals surface area contributed by atoms with Crippen LogP contribution < -0.4 is 10.5 Å². The van der Waals surface area contributed by atoms with Crippen molar-refractivity contribution in [2.75, 3.05) is 26.1 Å². The first-order chi connectivity index (χ1) is 9.28. The van der Waals surface area contributed by atoms with Gasteiger partial charge in [-0.15, -0.1) is 0 Å². The maximum atomic E-state index is 5.96. The molecular weight excluding hydrogens is 246 g/mol. The molecule has 1 atom stereocenters. The maximum Gasteiger partial charge on any atom is 0.260 e. The largest absolute Gasteiger partial charge is 0.497 e. The molecule has 1 aliphatic rings. The average Bonchev–Trinajstić information content (AvgIpc) is 3.09. The zero-order chi connectivity index (χ0) is 13.2. The first kappa shape index (κ1) is 12.0. The van der Waals surface area contributed by atoms with Crippen LogP contribution in [0.25, 0.3) is 11.5 Å². The average molecular weight is 261 g/mol. The van der Waals surface area contributed by atoms with Gasteiger partial charge in [-0.05, 0) is 18.6 Å². The monoisotopic (exact) mass is 261 g/mol. The van der Waals surface area contributed by atoms with Gasteiger partial charge in [0.2, 0.25) is 0 Å². The molecule has 0 aliphatic carbocycles. The van der Waals surface area contributed by atoms with E-state index >= 15 is 0 Å². The highest BCUT2D eigenvalue weighted by molar-refractivity contribution is 5.71. The van der Waals surface area contributed by atoms with E-state index in [0.717, 1.165) is 18.6 Å². The molecular formula is C13H15N3O3. The molecule has 1 saturated heterocycles. The fraction of sp³-hybridized carbons (Fsp3) is 0.385. The third-order valence-corrected chi connectivity index (χ3v) is 3.23. The Balaban J connectivity index is 1.89. The van der Waals surface area contributed by atoms with Crippen molar-refractivity contribution >= 4 is 5.69 Å². The molecule has 1 aliphatic heterocycles. The standard InChI is InChI=1S/C13H15N3O3/c1-17-9-2-3-10(11(14)6-9)13-15-12(16-19-13)8-4-5-18-7-8/h2-3,6,8H,4-5,7,14H2,1H3. The summed E-state index contributed by atoms with van der Waals surface area (Å²) in [6.45, 7) is 1.40. The molecule has 1 fully saturated rings. The minimum atomic E-state index is 0.219. The summed E-state index contributed by atoms with van der Waals surface area (Å²) in [5.41, 5.74) is 7.23. The van der Waals surface area contributed by atoms with Crippen LogP contribution in [0.5, 0.6) is 5.75 Å². The molecule has 2 N–H and O–H groups in total. The van der Waals surface area contributed by atoms with Crippen molar-refractivity contribution in [3.63, 3.8) is 0 Å². The van der Waals surface area contributed by atoms with E-state index in [9.17, 15) is 0 Å². The summed E-state index contributed by atoms with van der Waals surface area (Å²) >= 11 is 0. The van der Waals surface area contributed by atoms with E-state index in [1.165, 1.54) is 0 Å². The van der Waals surface area contributed by atoms with E-state index in [0.29, 0.717) is 29.8 Å². The van der Waals surface area contributed by atoms with Crippen LogP contribution in [0.1, 0.15) is 18.2 Å². The van der Waals surface area contributed by atoms with Crippen molar-refractivity contribution in [2.45, 2.75) is 12.3 Å². The molecule has 0 spiro atoms. The van der Waals surface area contributed by atoms with Crippen molar-refractivity contribution in [1.82, 2.24) is 10.1 Å². The van der Waals surface area contributed by atoms with Gasteiger partial charge < -0.3 is 19.7 Å². The van der Waals surface area contributed by atoms with Gasteiger partial charge in [0, 0.05) is 24.3 Å². The predicted octanol–water partition coefficient (Wildman–Crippen LogP) is 1.83. The number of nitrogen functional groups attached to an aromatic ring is 1. The predicted molar refractivity (Wildman–Crippen MR) is 68.9 cm³/mol. The van der Waals surface area contributed by atoms with Gasteiger partial charge in [-0.2, -0.15) is 4.98 Å². The lowest BCUT2D eigenvalue weighted by atomic mass is 10.1. The molecule has 6 heteroatoms. The Morgan fingerprint density at radius 1 is 1.42 bits per heavy atom. The van der Waals surface area contributed by atoms with Crippen LogP contribution in [0.4, 0.5) is 5.69 Å². The van der Waals surface area contributed by atoms with E-state index in [1.807, 2.05) is 12.1 Å². The molecule has 1 aromatic heterocycles. The molecule has 6 nitrogen and oxygen atoms in total. The van der Waals surface area contributed by atoms with Gasteiger partial charge >= 0.3 is 0 Å². The van der Waals surface area contributed by atoms with Crippen LogP contribution in [0.3, 0.4) is 0 Å². The van der Waals surface area contributed by atoms with Crippen LogP contribution in [-0.4, -0.2) is 30.5 Å². The second-order valence-electron chi connectivity index (χ2n) is 4.47. The van der Waals surface area contributed by atoms with Crippen molar-refractivity contribution in [2.24, 2.45) is 0 Å². The smallest absolute Gasteiger partial charge is 0.260 e. The van der Waals surface area contributed by atoms with E-state index in [2.05, 4.69) is 10.1 Å².